The van der Waals surface area contributed by atoms with Gasteiger partial charge in [-0.3, -0.25) is 0 Å². The predicted octanol–water partition coefficient (Wildman–Crippen LogP) is 1.32. The molecule has 0 aliphatic carbocycles. The Morgan fingerprint density at radius 2 is 2.00 bits per heavy atom. The van der Waals surface area contributed by atoms with E-state index in [1.165, 1.54) is 6.92 Å². The standard InChI is InChI=1S/C6H7F3O/c1-2-3-4-5(10)6(7,8)9/h5,10H,4H2,1H3. The zero-order valence-electron chi connectivity index (χ0n) is 5.37. The fourth-order valence-corrected chi connectivity index (χ4v) is 0.314. The molecule has 0 saturated carbocycles. The lowest BCUT2D eigenvalue weighted by atomic mass is 10.2. The fourth-order valence-electron chi connectivity index (χ4n) is 0.314. The van der Waals surface area contributed by atoms with Crippen LogP contribution in [0.3, 0.4) is 0 Å². The molecule has 0 aromatic carbocycles. The van der Waals surface area contributed by atoms with Crippen molar-refractivity contribution in [2.45, 2.75) is 25.6 Å². The molecule has 0 radical (unpaired) electrons. The number of hydrogen-bond donors (Lipinski definition) is 1. The molecule has 0 rings (SSSR count). The average molecular weight is 152 g/mol. The molecule has 0 heterocycles. The molecule has 0 aromatic heterocycles. The molecule has 0 fully saturated rings. The Morgan fingerprint density at radius 1 is 1.50 bits per heavy atom. The number of hydrogen-bond acceptors (Lipinski definition) is 1. The summed E-state index contributed by atoms with van der Waals surface area (Å²) >= 11 is 0. The van der Waals surface area contributed by atoms with E-state index in [0.29, 0.717) is 0 Å². The Balaban J connectivity index is 3.81. The van der Waals surface area contributed by atoms with E-state index in [2.05, 4.69) is 11.8 Å². The number of alkyl halides is 3. The van der Waals surface area contributed by atoms with Crippen molar-refractivity contribution in [2.75, 3.05) is 0 Å². The third kappa shape index (κ3) is 3.36. The number of halogens is 3. The number of aliphatic hydroxyl groups is 1. The van der Waals surface area contributed by atoms with Gasteiger partial charge in [-0.05, 0) is 6.92 Å². The van der Waals surface area contributed by atoms with E-state index in [0.717, 1.165) is 0 Å². The summed E-state index contributed by atoms with van der Waals surface area (Å²) < 4.78 is 34.4. The molecule has 1 N–H and O–H groups in total. The maximum atomic E-state index is 11.5. The minimum Gasteiger partial charge on any atom is -0.383 e. The Bertz CT molecular complexity index is 151. The summed E-state index contributed by atoms with van der Waals surface area (Å²) in [5, 5.41) is 8.29. The van der Waals surface area contributed by atoms with Crippen LogP contribution in [0.5, 0.6) is 0 Å². The van der Waals surface area contributed by atoms with E-state index in [-0.39, 0.29) is 0 Å². The van der Waals surface area contributed by atoms with Crippen molar-refractivity contribution in [1.29, 1.82) is 0 Å². The second-order valence-electron chi connectivity index (χ2n) is 1.69. The number of aliphatic hydroxyl groups excluding tert-OH is 1. The first-order valence-electron chi connectivity index (χ1n) is 2.63. The Hall–Kier alpha value is -0.690. The summed E-state index contributed by atoms with van der Waals surface area (Å²) in [7, 11) is 0. The highest BCUT2D eigenvalue weighted by atomic mass is 19.4. The third-order valence-corrected chi connectivity index (χ3v) is 0.850. The van der Waals surface area contributed by atoms with Crippen LogP contribution in [0.4, 0.5) is 13.2 Å². The Labute approximate surface area is 56.9 Å². The van der Waals surface area contributed by atoms with Gasteiger partial charge in [-0.15, -0.1) is 11.8 Å². The molecular weight excluding hydrogens is 145 g/mol. The van der Waals surface area contributed by atoms with Gasteiger partial charge < -0.3 is 5.11 Å². The van der Waals surface area contributed by atoms with Gasteiger partial charge in [-0.2, -0.15) is 13.2 Å². The van der Waals surface area contributed by atoms with E-state index in [4.69, 9.17) is 5.11 Å². The summed E-state index contributed by atoms with van der Waals surface area (Å²) in [4.78, 5) is 0. The van der Waals surface area contributed by atoms with Crippen molar-refractivity contribution >= 4 is 0 Å². The largest absolute Gasteiger partial charge is 0.415 e. The summed E-state index contributed by atoms with van der Waals surface area (Å²) in [6.45, 7) is 1.42. The monoisotopic (exact) mass is 152 g/mol. The Kier molecular flexibility index (Phi) is 3.23. The van der Waals surface area contributed by atoms with Crippen molar-refractivity contribution < 1.29 is 18.3 Å². The van der Waals surface area contributed by atoms with Crippen molar-refractivity contribution in [3.63, 3.8) is 0 Å². The minimum atomic E-state index is -4.54. The van der Waals surface area contributed by atoms with Gasteiger partial charge in [0, 0.05) is 6.42 Å². The van der Waals surface area contributed by atoms with Crippen LogP contribution in [0.15, 0.2) is 0 Å². The van der Waals surface area contributed by atoms with Gasteiger partial charge in [0.15, 0.2) is 6.10 Å². The normalized spacial score (nSPS) is 13.7. The van der Waals surface area contributed by atoms with E-state index in [1.807, 2.05) is 0 Å². The summed E-state index contributed by atoms with van der Waals surface area (Å²) in [5.74, 6) is 4.40. The molecule has 0 aliphatic heterocycles. The maximum absolute atomic E-state index is 11.5. The molecule has 4 heteroatoms. The molecule has 1 atom stereocenters. The van der Waals surface area contributed by atoms with Crippen LogP contribution in [0, 0.1) is 11.8 Å². The van der Waals surface area contributed by atoms with Crippen LogP contribution in [0.2, 0.25) is 0 Å². The van der Waals surface area contributed by atoms with Crippen LogP contribution in [-0.2, 0) is 0 Å². The van der Waals surface area contributed by atoms with Crippen molar-refractivity contribution in [3.05, 3.63) is 0 Å². The first kappa shape index (κ1) is 9.31. The highest BCUT2D eigenvalue weighted by Gasteiger charge is 2.37. The molecule has 0 aromatic rings. The molecule has 0 saturated heterocycles. The van der Waals surface area contributed by atoms with Crippen molar-refractivity contribution in [2.24, 2.45) is 0 Å². The van der Waals surface area contributed by atoms with Gasteiger partial charge in [-0.25, -0.2) is 0 Å². The highest BCUT2D eigenvalue weighted by Crippen LogP contribution is 2.21. The summed E-state index contributed by atoms with van der Waals surface area (Å²) in [6.07, 6.45) is -7.39. The minimum absolute atomic E-state index is 0.542. The van der Waals surface area contributed by atoms with Gasteiger partial charge in [0.25, 0.3) is 0 Å². The quantitative estimate of drug-likeness (QED) is 0.562. The number of rotatable bonds is 1. The van der Waals surface area contributed by atoms with Gasteiger partial charge >= 0.3 is 6.18 Å². The third-order valence-electron chi connectivity index (χ3n) is 0.850. The molecular formula is C6H7F3O. The SMILES string of the molecule is CC#CCC(O)C(F)(F)F. The molecule has 1 nitrogen and oxygen atoms in total. The lowest BCUT2D eigenvalue weighted by molar-refractivity contribution is -0.201. The van der Waals surface area contributed by atoms with Gasteiger partial charge in [0.2, 0.25) is 0 Å². The lowest BCUT2D eigenvalue weighted by Gasteiger charge is -2.10. The van der Waals surface area contributed by atoms with Crippen molar-refractivity contribution in [1.82, 2.24) is 0 Å². The van der Waals surface area contributed by atoms with Crippen LogP contribution in [0.1, 0.15) is 13.3 Å². The van der Waals surface area contributed by atoms with E-state index < -0.39 is 18.7 Å². The second-order valence-corrected chi connectivity index (χ2v) is 1.69. The van der Waals surface area contributed by atoms with Gasteiger partial charge in [-0.1, -0.05) is 0 Å². The molecule has 0 bridgehead atoms. The van der Waals surface area contributed by atoms with E-state index in [9.17, 15) is 13.2 Å². The molecule has 10 heavy (non-hydrogen) atoms. The summed E-state index contributed by atoms with van der Waals surface area (Å²) in [6, 6.07) is 0. The van der Waals surface area contributed by atoms with Crippen LogP contribution in [0.25, 0.3) is 0 Å². The van der Waals surface area contributed by atoms with Crippen LogP contribution < -0.4 is 0 Å². The zero-order chi connectivity index (χ0) is 8.20. The van der Waals surface area contributed by atoms with Crippen molar-refractivity contribution in [3.8, 4) is 11.8 Å². The zero-order valence-corrected chi connectivity index (χ0v) is 5.37. The van der Waals surface area contributed by atoms with E-state index in [1.54, 1.807) is 0 Å². The fraction of sp³-hybridized carbons (Fsp3) is 0.667. The molecule has 58 valence electrons. The van der Waals surface area contributed by atoms with Gasteiger partial charge in [0.05, 0.1) is 0 Å². The van der Waals surface area contributed by atoms with E-state index >= 15 is 0 Å². The average Bonchev–Trinajstić information content (AvgIpc) is 1.80. The van der Waals surface area contributed by atoms with Crippen LogP contribution in [-0.4, -0.2) is 17.4 Å². The molecule has 1 unspecified atom stereocenters. The Morgan fingerprint density at radius 3 is 2.30 bits per heavy atom. The first-order valence-corrected chi connectivity index (χ1v) is 2.63. The second kappa shape index (κ2) is 3.47. The maximum Gasteiger partial charge on any atom is 0.415 e. The van der Waals surface area contributed by atoms with Gasteiger partial charge in [0.1, 0.15) is 0 Å². The smallest absolute Gasteiger partial charge is 0.383 e. The van der Waals surface area contributed by atoms with Crippen LogP contribution >= 0.6 is 0 Å². The molecule has 0 spiro atoms. The molecule has 0 aliphatic rings. The topological polar surface area (TPSA) is 20.2 Å². The predicted molar refractivity (Wildman–Crippen MR) is 30.1 cm³/mol. The lowest BCUT2D eigenvalue weighted by Crippen LogP contribution is -2.27. The highest BCUT2D eigenvalue weighted by molar-refractivity contribution is 4.97. The summed E-state index contributed by atoms with van der Waals surface area (Å²) in [5.41, 5.74) is 0. The molecule has 0 amide bonds. The first-order chi connectivity index (χ1) is 4.48.